The van der Waals surface area contributed by atoms with E-state index >= 15 is 0 Å². The molecule has 0 saturated carbocycles. The fraction of sp³-hybridized carbons (Fsp3) is 0.316. The van der Waals surface area contributed by atoms with E-state index in [-0.39, 0.29) is 5.91 Å². The molecule has 1 atom stereocenters. The number of methoxy groups -OCH3 is 2. The summed E-state index contributed by atoms with van der Waals surface area (Å²) in [5.41, 5.74) is 2.39. The van der Waals surface area contributed by atoms with Crippen LogP contribution in [0.2, 0.25) is 0 Å². The summed E-state index contributed by atoms with van der Waals surface area (Å²) in [4.78, 5) is 16.9. The fourth-order valence-electron chi connectivity index (χ4n) is 3.35. The van der Waals surface area contributed by atoms with E-state index in [0.29, 0.717) is 24.5 Å². The molecule has 0 unspecified atom stereocenters. The van der Waals surface area contributed by atoms with Crippen LogP contribution in [-0.4, -0.2) is 54.0 Å². The van der Waals surface area contributed by atoms with Crippen molar-refractivity contribution >= 4 is 22.5 Å². The number of fused-ring (bicyclic) bond motifs is 1. The summed E-state index contributed by atoms with van der Waals surface area (Å²) in [7, 11) is 3.15. The molecule has 4 rings (SSSR count). The van der Waals surface area contributed by atoms with Crippen molar-refractivity contribution in [1.29, 1.82) is 0 Å². The highest BCUT2D eigenvalue weighted by atomic mass is 16.5. The Morgan fingerprint density at radius 2 is 2.15 bits per heavy atom. The van der Waals surface area contributed by atoms with Crippen LogP contribution in [0.15, 0.2) is 36.5 Å². The smallest absolute Gasteiger partial charge is 0.257 e. The van der Waals surface area contributed by atoms with E-state index < -0.39 is 5.60 Å². The number of amides is 1. The first-order valence-corrected chi connectivity index (χ1v) is 8.71. The number of carbonyl (C=O) groups excluding carboxylic acids is 1. The van der Waals surface area contributed by atoms with Gasteiger partial charge in [0.2, 0.25) is 5.88 Å². The maximum Gasteiger partial charge on any atom is 0.257 e. The highest BCUT2D eigenvalue weighted by Gasteiger charge is 2.41. The number of nitrogens with one attached hydrogen (secondary N) is 3. The lowest BCUT2D eigenvalue weighted by atomic mass is 10.0. The maximum atomic E-state index is 12.8. The molecule has 1 fully saturated rings. The van der Waals surface area contributed by atoms with Gasteiger partial charge in [-0.3, -0.25) is 9.89 Å². The van der Waals surface area contributed by atoms with Gasteiger partial charge in [0, 0.05) is 42.6 Å². The number of pyridine rings is 1. The summed E-state index contributed by atoms with van der Waals surface area (Å²) in [5.74, 6) is 0.369. The molecular formula is C19H21N5O3. The largest absolute Gasteiger partial charge is 0.481 e. The molecule has 1 aliphatic heterocycles. The van der Waals surface area contributed by atoms with Crippen LogP contribution in [-0.2, 0) is 9.53 Å². The minimum Gasteiger partial charge on any atom is -0.481 e. The molecule has 3 N–H and O–H groups in total. The molecule has 3 heterocycles. The number of rotatable bonds is 5. The molecule has 1 aromatic carbocycles. The number of carbonyl (C=O) groups is 1. The average Bonchev–Trinajstić information content (AvgIpc) is 3.35. The number of H-pyrrole nitrogens is 1. The highest BCUT2D eigenvalue weighted by molar-refractivity contribution is 6.01. The van der Waals surface area contributed by atoms with Gasteiger partial charge in [0.15, 0.2) is 5.60 Å². The molecule has 2 aromatic heterocycles. The maximum absolute atomic E-state index is 12.8. The van der Waals surface area contributed by atoms with E-state index in [2.05, 4.69) is 25.8 Å². The average molecular weight is 367 g/mol. The summed E-state index contributed by atoms with van der Waals surface area (Å²) < 4.78 is 10.7. The van der Waals surface area contributed by atoms with Crippen molar-refractivity contribution in [2.24, 2.45) is 0 Å². The minimum absolute atomic E-state index is 0.148. The monoisotopic (exact) mass is 367 g/mol. The topological polar surface area (TPSA) is 101 Å². The van der Waals surface area contributed by atoms with Gasteiger partial charge in [0.25, 0.3) is 5.91 Å². The zero-order valence-corrected chi connectivity index (χ0v) is 15.2. The predicted octanol–water partition coefficient (Wildman–Crippen LogP) is 1.95. The Bertz CT molecular complexity index is 978. The molecule has 0 spiro atoms. The Morgan fingerprint density at radius 3 is 2.89 bits per heavy atom. The number of hydrogen-bond donors (Lipinski definition) is 3. The van der Waals surface area contributed by atoms with Gasteiger partial charge >= 0.3 is 0 Å². The summed E-state index contributed by atoms with van der Waals surface area (Å²) in [6.07, 6.45) is 2.32. The van der Waals surface area contributed by atoms with Crippen molar-refractivity contribution in [3.05, 3.63) is 36.5 Å². The van der Waals surface area contributed by atoms with Crippen molar-refractivity contribution < 1.29 is 14.3 Å². The Morgan fingerprint density at radius 1 is 1.26 bits per heavy atom. The predicted molar refractivity (Wildman–Crippen MR) is 102 cm³/mol. The SMILES string of the molecule is COc1cc(-c2n[nH]c3ccc(NC(=O)[C@]4(OC)CCNC4)cc23)ccn1. The van der Waals surface area contributed by atoms with Crippen LogP contribution in [0.5, 0.6) is 5.88 Å². The number of aromatic amines is 1. The van der Waals surface area contributed by atoms with Gasteiger partial charge in [0.05, 0.1) is 12.6 Å². The Balaban J connectivity index is 1.67. The van der Waals surface area contributed by atoms with Gasteiger partial charge in [-0.25, -0.2) is 4.98 Å². The molecule has 0 radical (unpaired) electrons. The van der Waals surface area contributed by atoms with Crippen molar-refractivity contribution in [2.45, 2.75) is 12.0 Å². The summed E-state index contributed by atoms with van der Waals surface area (Å²) in [6, 6.07) is 9.34. The summed E-state index contributed by atoms with van der Waals surface area (Å²) in [6.45, 7) is 1.27. The van der Waals surface area contributed by atoms with E-state index in [0.717, 1.165) is 28.7 Å². The van der Waals surface area contributed by atoms with Crippen LogP contribution < -0.4 is 15.4 Å². The number of nitrogens with zero attached hydrogens (tertiary/aromatic N) is 2. The second-order valence-electron chi connectivity index (χ2n) is 6.50. The van der Waals surface area contributed by atoms with Crippen LogP contribution in [0, 0.1) is 0 Å². The number of anilines is 1. The third kappa shape index (κ3) is 3.13. The molecule has 1 saturated heterocycles. The Labute approximate surface area is 156 Å². The Hall–Kier alpha value is -2.97. The van der Waals surface area contributed by atoms with Gasteiger partial charge in [-0.1, -0.05) is 0 Å². The highest BCUT2D eigenvalue weighted by Crippen LogP contribution is 2.30. The molecule has 0 bridgehead atoms. The minimum atomic E-state index is -0.827. The van der Waals surface area contributed by atoms with Crippen molar-refractivity contribution in [3.63, 3.8) is 0 Å². The quantitative estimate of drug-likeness (QED) is 0.637. The molecule has 8 heteroatoms. The van der Waals surface area contributed by atoms with Gasteiger partial charge in [-0.05, 0) is 37.2 Å². The second-order valence-corrected chi connectivity index (χ2v) is 6.50. The lowest BCUT2D eigenvalue weighted by molar-refractivity contribution is -0.135. The molecule has 1 amide bonds. The van der Waals surface area contributed by atoms with Crippen LogP contribution in [0.25, 0.3) is 22.2 Å². The molecule has 0 aliphatic carbocycles. The van der Waals surface area contributed by atoms with Crippen LogP contribution in [0.4, 0.5) is 5.69 Å². The fourth-order valence-corrected chi connectivity index (χ4v) is 3.35. The number of ether oxygens (including phenoxy) is 2. The third-order valence-electron chi connectivity index (χ3n) is 4.96. The second kappa shape index (κ2) is 6.98. The lowest BCUT2D eigenvalue weighted by Crippen LogP contribution is -2.46. The molecular weight excluding hydrogens is 346 g/mol. The summed E-state index contributed by atoms with van der Waals surface area (Å²) in [5, 5.41) is 14.5. The van der Waals surface area contributed by atoms with Crippen LogP contribution >= 0.6 is 0 Å². The van der Waals surface area contributed by atoms with Gasteiger partial charge in [0.1, 0.15) is 5.69 Å². The van der Waals surface area contributed by atoms with Gasteiger partial charge in [-0.15, -0.1) is 0 Å². The standard InChI is InChI=1S/C19H21N5O3/c1-26-16-9-12(5-7-21-16)17-14-10-13(3-4-15(14)23-24-17)22-18(25)19(27-2)6-8-20-11-19/h3-5,7,9-10,20H,6,8,11H2,1-2H3,(H,22,25)(H,23,24)/t19-/m0/s1. The molecule has 1 aliphatic rings. The first kappa shape index (κ1) is 17.4. The van der Waals surface area contributed by atoms with E-state index in [1.807, 2.05) is 30.3 Å². The Kier molecular flexibility index (Phi) is 4.51. The van der Waals surface area contributed by atoms with Crippen LogP contribution in [0.1, 0.15) is 6.42 Å². The van der Waals surface area contributed by atoms with Gasteiger partial charge in [-0.2, -0.15) is 5.10 Å². The van der Waals surface area contributed by atoms with Gasteiger partial charge < -0.3 is 20.1 Å². The van der Waals surface area contributed by atoms with E-state index in [1.54, 1.807) is 20.4 Å². The zero-order valence-electron chi connectivity index (χ0n) is 15.2. The number of aromatic nitrogens is 3. The van der Waals surface area contributed by atoms with Crippen molar-refractivity contribution in [3.8, 4) is 17.1 Å². The lowest BCUT2D eigenvalue weighted by Gasteiger charge is -2.25. The first-order chi connectivity index (χ1) is 13.1. The number of hydrogen-bond acceptors (Lipinski definition) is 6. The summed E-state index contributed by atoms with van der Waals surface area (Å²) >= 11 is 0. The first-order valence-electron chi connectivity index (χ1n) is 8.71. The van der Waals surface area contributed by atoms with E-state index in [4.69, 9.17) is 9.47 Å². The zero-order chi connectivity index (χ0) is 18.9. The molecule has 27 heavy (non-hydrogen) atoms. The van der Waals surface area contributed by atoms with Crippen LogP contribution in [0.3, 0.4) is 0 Å². The molecule has 8 nitrogen and oxygen atoms in total. The third-order valence-corrected chi connectivity index (χ3v) is 4.96. The molecule has 3 aromatic rings. The van der Waals surface area contributed by atoms with E-state index in [9.17, 15) is 4.79 Å². The molecule has 140 valence electrons. The van der Waals surface area contributed by atoms with Crippen molar-refractivity contribution in [2.75, 3.05) is 32.6 Å². The normalized spacial score (nSPS) is 19.3. The van der Waals surface area contributed by atoms with Crippen molar-refractivity contribution in [1.82, 2.24) is 20.5 Å². The van der Waals surface area contributed by atoms with E-state index in [1.165, 1.54) is 0 Å². The number of benzene rings is 1.